The molecule has 6 heteroatoms. The number of hydrogen-bond acceptors (Lipinski definition) is 4. The summed E-state index contributed by atoms with van der Waals surface area (Å²) in [6.07, 6.45) is 3.62. The molecule has 0 radical (unpaired) electrons. The van der Waals surface area contributed by atoms with Crippen molar-refractivity contribution in [1.82, 2.24) is 19.7 Å². The van der Waals surface area contributed by atoms with Gasteiger partial charge in [-0.3, -0.25) is 9.88 Å². The van der Waals surface area contributed by atoms with Gasteiger partial charge in [0.15, 0.2) is 0 Å². The monoisotopic (exact) mass is 430 g/mol. The van der Waals surface area contributed by atoms with Gasteiger partial charge in [-0.2, -0.15) is 0 Å². The molecule has 0 unspecified atom stereocenters. The molecule has 1 saturated heterocycles. The fourth-order valence-corrected chi connectivity index (χ4v) is 4.17. The van der Waals surface area contributed by atoms with Crippen LogP contribution in [0.15, 0.2) is 85.2 Å². The lowest BCUT2D eigenvalue weighted by atomic mass is 10.1. The maximum atomic E-state index is 13.6. The fraction of sp³-hybridized carbons (Fsp3) is 0.308. The highest BCUT2D eigenvalue weighted by atomic mass is 16.3. The van der Waals surface area contributed by atoms with Crippen LogP contribution in [-0.4, -0.2) is 63.1 Å². The molecule has 0 spiro atoms. The summed E-state index contributed by atoms with van der Waals surface area (Å²) in [5.41, 5.74) is 3.32. The molecule has 166 valence electrons. The van der Waals surface area contributed by atoms with Crippen molar-refractivity contribution in [1.29, 1.82) is 0 Å². The zero-order valence-corrected chi connectivity index (χ0v) is 18.3. The summed E-state index contributed by atoms with van der Waals surface area (Å²) in [5.74, 6) is 0. The van der Waals surface area contributed by atoms with Crippen LogP contribution in [0.1, 0.15) is 16.7 Å². The number of aliphatic hydroxyl groups is 1. The van der Waals surface area contributed by atoms with Crippen molar-refractivity contribution < 1.29 is 9.90 Å². The largest absolute Gasteiger partial charge is 0.395 e. The summed E-state index contributed by atoms with van der Waals surface area (Å²) in [4.78, 5) is 23.8. The van der Waals surface area contributed by atoms with Gasteiger partial charge >= 0.3 is 6.03 Å². The van der Waals surface area contributed by atoms with Crippen molar-refractivity contribution in [3.8, 4) is 0 Å². The molecule has 1 aliphatic rings. The molecule has 1 aliphatic heterocycles. The molecule has 3 aromatic rings. The Bertz CT molecular complexity index is 927. The second-order valence-corrected chi connectivity index (χ2v) is 8.22. The van der Waals surface area contributed by atoms with E-state index < -0.39 is 0 Å². The van der Waals surface area contributed by atoms with Gasteiger partial charge in [0.05, 0.1) is 12.6 Å². The maximum absolute atomic E-state index is 13.6. The molecule has 6 nitrogen and oxygen atoms in total. The first-order chi connectivity index (χ1) is 15.7. The van der Waals surface area contributed by atoms with Crippen LogP contribution in [-0.2, 0) is 19.6 Å². The van der Waals surface area contributed by atoms with Crippen LogP contribution < -0.4 is 0 Å². The van der Waals surface area contributed by atoms with E-state index >= 15 is 0 Å². The highest BCUT2D eigenvalue weighted by molar-refractivity contribution is 5.74. The van der Waals surface area contributed by atoms with Gasteiger partial charge in [0.25, 0.3) is 0 Å². The van der Waals surface area contributed by atoms with E-state index in [4.69, 9.17) is 0 Å². The number of amides is 2. The molecular formula is C26H30N4O2. The first-order valence-electron chi connectivity index (χ1n) is 11.1. The third kappa shape index (κ3) is 5.72. The van der Waals surface area contributed by atoms with Crippen LogP contribution in [0, 0.1) is 0 Å². The third-order valence-electron chi connectivity index (χ3n) is 5.90. The topological polar surface area (TPSA) is 59.9 Å². The molecule has 4 rings (SSSR count). The third-order valence-corrected chi connectivity index (χ3v) is 5.90. The predicted octanol–water partition coefficient (Wildman–Crippen LogP) is 3.38. The highest BCUT2D eigenvalue weighted by Crippen LogP contribution is 2.18. The van der Waals surface area contributed by atoms with Crippen molar-refractivity contribution >= 4 is 6.03 Å². The molecule has 1 aromatic heterocycles. The summed E-state index contributed by atoms with van der Waals surface area (Å²) in [6.45, 7) is 3.70. The number of nitrogens with zero attached hydrogens (tertiary/aromatic N) is 4. The molecule has 1 fully saturated rings. The normalized spacial score (nSPS) is 16.7. The lowest BCUT2D eigenvalue weighted by Crippen LogP contribution is -2.57. The number of piperazine rings is 1. The second-order valence-electron chi connectivity index (χ2n) is 8.22. The van der Waals surface area contributed by atoms with Crippen LogP contribution >= 0.6 is 0 Å². The molecule has 1 N–H and O–H groups in total. The first kappa shape index (κ1) is 22.0. The SMILES string of the molecule is O=C(N(Cc1ccccc1)Cc1ccccc1)N1CCN(Cc2cccnc2)[C@@H](CO)C1. The summed E-state index contributed by atoms with van der Waals surface area (Å²) < 4.78 is 0. The van der Waals surface area contributed by atoms with Crippen molar-refractivity contribution in [2.75, 3.05) is 26.2 Å². The Kier molecular flexibility index (Phi) is 7.48. The Labute approximate surface area is 189 Å². The number of aromatic nitrogens is 1. The van der Waals surface area contributed by atoms with Crippen molar-refractivity contribution in [3.05, 3.63) is 102 Å². The number of benzene rings is 2. The number of hydrogen-bond donors (Lipinski definition) is 1. The van der Waals surface area contributed by atoms with Gasteiger partial charge in [0.2, 0.25) is 0 Å². The first-order valence-corrected chi connectivity index (χ1v) is 11.1. The second kappa shape index (κ2) is 10.9. The minimum absolute atomic E-state index is 0.0113. The Hall–Kier alpha value is -3.22. The molecule has 2 amide bonds. The van der Waals surface area contributed by atoms with Crippen molar-refractivity contribution in [2.24, 2.45) is 0 Å². The van der Waals surface area contributed by atoms with E-state index in [-0.39, 0.29) is 18.7 Å². The standard InChI is InChI=1S/C26H30N4O2/c31-21-25-20-29(15-14-28(25)19-24-12-7-13-27-16-24)26(32)30(17-22-8-3-1-4-9-22)18-23-10-5-2-6-11-23/h1-13,16,25,31H,14-15,17-21H2/t25-/m1/s1. The van der Waals surface area contributed by atoms with E-state index in [1.165, 1.54) is 0 Å². The molecule has 2 aromatic carbocycles. The number of aliphatic hydroxyl groups excluding tert-OH is 1. The number of urea groups is 1. The minimum atomic E-state index is -0.0943. The minimum Gasteiger partial charge on any atom is -0.395 e. The highest BCUT2D eigenvalue weighted by Gasteiger charge is 2.31. The van der Waals surface area contributed by atoms with E-state index in [1.54, 1.807) is 6.20 Å². The number of pyridine rings is 1. The van der Waals surface area contributed by atoms with Gasteiger partial charge in [0.1, 0.15) is 0 Å². The summed E-state index contributed by atoms with van der Waals surface area (Å²) in [6, 6.07) is 24.1. The number of carbonyl (C=O) groups is 1. The van der Waals surface area contributed by atoms with Gasteiger partial charge in [-0.1, -0.05) is 66.7 Å². The van der Waals surface area contributed by atoms with Gasteiger partial charge in [-0.25, -0.2) is 4.79 Å². The molecule has 0 aliphatic carbocycles. The number of carbonyl (C=O) groups excluding carboxylic acids is 1. The van der Waals surface area contributed by atoms with Crippen LogP contribution in [0.2, 0.25) is 0 Å². The molecule has 0 bridgehead atoms. The summed E-state index contributed by atoms with van der Waals surface area (Å²) in [5, 5.41) is 10.0. The van der Waals surface area contributed by atoms with Crippen molar-refractivity contribution in [2.45, 2.75) is 25.7 Å². The smallest absolute Gasteiger partial charge is 0.320 e. The van der Waals surface area contributed by atoms with Gasteiger partial charge in [-0.05, 0) is 22.8 Å². The lowest BCUT2D eigenvalue weighted by Gasteiger charge is -2.42. The van der Waals surface area contributed by atoms with Crippen LogP contribution in [0.25, 0.3) is 0 Å². The van der Waals surface area contributed by atoms with Crippen LogP contribution in [0.4, 0.5) is 4.79 Å². The summed E-state index contributed by atoms with van der Waals surface area (Å²) >= 11 is 0. The molecule has 1 atom stereocenters. The number of rotatable bonds is 7. The van der Waals surface area contributed by atoms with Gasteiger partial charge < -0.3 is 14.9 Å². The molecule has 2 heterocycles. The summed E-state index contributed by atoms with van der Waals surface area (Å²) in [7, 11) is 0. The lowest BCUT2D eigenvalue weighted by molar-refractivity contribution is 0.0390. The van der Waals surface area contributed by atoms with Gasteiger partial charge in [-0.15, -0.1) is 0 Å². The average molecular weight is 431 g/mol. The predicted molar refractivity (Wildman–Crippen MR) is 125 cm³/mol. The zero-order chi connectivity index (χ0) is 22.2. The van der Waals surface area contributed by atoms with Crippen LogP contribution in [0.5, 0.6) is 0 Å². The Morgan fingerprint density at radius 3 is 2.09 bits per heavy atom. The fourth-order valence-electron chi connectivity index (χ4n) is 4.17. The van der Waals surface area contributed by atoms with Crippen molar-refractivity contribution in [3.63, 3.8) is 0 Å². The van der Waals surface area contributed by atoms with E-state index in [1.807, 2.05) is 88.8 Å². The van der Waals surface area contributed by atoms with Crippen LogP contribution in [0.3, 0.4) is 0 Å². The molecular weight excluding hydrogens is 400 g/mol. The Morgan fingerprint density at radius 2 is 1.53 bits per heavy atom. The van der Waals surface area contributed by atoms with Gasteiger partial charge in [0, 0.05) is 51.7 Å². The van der Waals surface area contributed by atoms with E-state index in [0.29, 0.717) is 26.2 Å². The van der Waals surface area contributed by atoms with E-state index in [9.17, 15) is 9.90 Å². The molecule has 32 heavy (non-hydrogen) atoms. The maximum Gasteiger partial charge on any atom is 0.320 e. The Balaban J connectivity index is 1.46. The average Bonchev–Trinajstić information content (AvgIpc) is 2.85. The molecule has 0 saturated carbocycles. The zero-order valence-electron chi connectivity index (χ0n) is 18.3. The van der Waals surface area contributed by atoms with E-state index in [2.05, 4.69) is 9.88 Å². The van der Waals surface area contributed by atoms with E-state index in [0.717, 1.165) is 29.8 Å². The quantitative estimate of drug-likeness (QED) is 0.624. The Morgan fingerprint density at radius 1 is 0.906 bits per heavy atom.